The molecule has 0 aromatic rings. The smallest absolute Gasteiger partial charge is 0.434 e. The van der Waals surface area contributed by atoms with Crippen LogP contribution in [-0.4, -0.2) is 55.1 Å². The molecule has 5 heteroatoms. The van der Waals surface area contributed by atoms with E-state index in [9.17, 15) is 4.79 Å². The van der Waals surface area contributed by atoms with Gasteiger partial charge in [-0.05, 0) is 32.4 Å². The predicted octanol–water partition coefficient (Wildman–Crippen LogP) is 5.15. The van der Waals surface area contributed by atoms with E-state index >= 15 is 0 Å². The lowest BCUT2D eigenvalue weighted by Gasteiger charge is -2.18. The van der Waals surface area contributed by atoms with Crippen LogP contribution in [0.5, 0.6) is 0 Å². The minimum atomic E-state index is -0.595. The van der Waals surface area contributed by atoms with Crippen LogP contribution in [0.4, 0.5) is 4.79 Å². The van der Waals surface area contributed by atoms with E-state index in [1.54, 1.807) is 0 Å². The van der Waals surface area contributed by atoms with Crippen LogP contribution in [0, 0.1) is 0 Å². The Labute approximate surface area is 161 Å². The van der Waals surface area contributed by atoms with Gasteiger partial charge in [0.1, 0.15) is 6.10 Å². The number of rotatable bonds is 18. The summed E-state index contributed by atoms with van der Waals surface area (Å²) < 4.78 is 10.5. The van der Waals surface area contributed by atoms with E-state index in [2.05, 4.69) is 25.7 Å². The Morgan fingerprint density at radius 1 is 0.885 bits per heavy atom. The molecular weight excluding hydrogens is 330 g/mol. The predicted molar refractivity (Wildman–Crippen MR) is 108 cm³/mol. The molecule has 0 aliphatic carbocycles. The van der Waals surface area contributed by atoms with Crippen molar-refractivity contribution in [3.05, 3.63) is 0 Å². The van der Waals surface area contributed by atoms with E-state index in [1.165, 1.54) is 38.5 Å². The van der Waals surface area contributed by atoms with Crippen molar-refractivity contribution < 1.29 is 19.4 Å². The van der Waals surface area contributed by atoms with Crippen LogP contribution in [0.2, 0.25) is 0 Å². The molecule has 1 unspecified atom stereocenters. The average molecular weight is 374 g/mol. The van der Waals surface area contributed by atoms with Crippen LogP contribution in [-0.2, 0) is 9.47 Å². The van der Waals surface area contributed by atoms with Gasteiger partial charge in [-0.25, -0.2) is 4.79 Å². The molecule has 26 heavy (non-hydrogen) atoms. The summed E-state index contributed by atoms with van der Waals surface area (Å²) in [4.78, 5) is 14.1. The van der Waals surface area contributed by atoms with Gasteiger partial charge in [0.15, 0.2) is 0 Å². The number of carbonyl (C=O) groups excluding carboxylic acids is 1. The van der Waals surface area contributed by atoms with Gasteiger partial charge in [-0.3, -0.25) is 0 Å². The number of aliphatic hydroxyl groups excluding tert-OH is 1. The molecule has 1 atom stereocenters. The van der Waals surface area contributed by atoms with Gasteiger partial charge < -0.3 is 19.5 Å². The maximum absolute atomic E-state index is 11.8. The Morgan fingerprint density at radius 2 is 1.50 bits per heavy atom. The van der Waals surface area contributed by atoms with Crippen molar-refractivity contribution in [3.8, 4) is 0 Å². The van der Waals surface area contributed by atoms with Crippen molar-refractivity contribution in [2.24, 2.45) is 0 Å². The van der Waals surface area contributed by atoms with Crippen LogP contribution >= 0.6 is 0 Å². The minimum Gasteiger partial charge on any atom is -0.434 e. The Hall–Kier alpha value is -0.810. The highest BCUT2D eigenvalue weighted by Gasteiger charge is 2.15. The summed E-state index contributed by atoms with van der Waals surface area (Å²) in [6.07, 6.45) is 11.3. The van der Waals surface area contributed by atoms with E-state index < -0.39 is 6.16 Å². The zero-order valence-electron chi connectivity index (χ0n) is 17.5. The Kier molecular flexibility index (Phi) is 18.4. The molecule has 5 nitrogen and oxygen atoms in total. The number of nitrogens with zero attached hydrogens (tertiary/aromatic N) is 1. The summed E-state index contributed by atoms with van der Waals surface area (Å²) in [7, 11) is 0. The second kappa shape index (κ2) is 19.0. The Balaban J connectivity index is 3.77. The molecule has 0 rings (SSSR count). The summed E-state index contributed by atoms with van der Waals surface area (Å²) in [5.74, 6) is 0. The van der Waals surface area contributed by atoms with E-state index in [4.69, 9.17) is 14.6 Å². The topological polar surface area (TPSA) is 59.0 Å². The third-order valence-corrected chi connectivity index (χ3v) is 4.83. The lowest BCUT2D eigenvalue weighted by Crippen LogP contribution is -2.26. The molecule has 0 aliphatic rings. The molecule has 0 amide bonds. The van der Waals surface area contributed by atoms with Crippen LogP contribution in [0.25, 0.3) is 0 Å². The molecule has 0 fully saturated rings. The number of ether oxygens (including phenoxy) is 2. The molecule has 0 aliphatic heterocycles. The first-order valence-electron chi connectivity index (χ1n) is 10.8. The van der Waals surface area contributed by atoms with E-state index in [1.807, 2.05) is 0 Å². The summed E-state index contributed by atoms with van der Waals surface area (Å²) in [5.41, 5.74) is 0. The normalized spacial score (nSPS) is 12.3. The number of unbranched alkanes of at least 4 members (excludes halogenated alkanes) is 7. The van der Waals surface area contributed by atoms with Crippen LogP contribution in [0.3, 0.4) is 0 Å². The number of carbonyl (C=O) groups is 1. The van der Waals surface area contributed by atoms with Crippen molar-refractivity contribution in [1.82, 2.24) is 4.90 Å². The zero-order valence-corrected chi connectivity index (χ0v) is 17.5. The molecule has 1 N–H and O–H groups in total. The maximum Gasteiger partial charge on any atom is 0.508 e. The van der Waals surface area contributed by atoms with Crippen molar-refractivity contribution in [3.63, 3.8) is 0 Å². The second-order valence-corrected chi connectivity index (χ2v) is 6.99. The first-order valence-corrected chi connectivity index (χ1v) is 10.8. The fourth-order valence-electron chi connectivity index (χ4n) is 3.07. The summed E-state index contributed by atoms with van der Waals surface area (Å²) in [6, 6.07) is 0. The molecule has 0 saturated heterocycles. The van der Waals surface area contributed by atoms with Crippen molar-refractivity contribution in [1.29, 1.82) is 0 Å². The third kappa shape index (κ3) is 15.4. The molecule has 0 bridgehead atoms. The molecule has 156 valence electrons. The maximum atomic E-state index is 11.8. The van der Waals surface area contributed by atoms with Gasteiger partial charge in [0, 0.05) is 19.6 Å². The number of hydrogen-bond donors (Lipinski definition) is 1. The highest BCUT2D eigenvalue weighted by molar-refractivity contribution is 5.60. The highest BCUT2D eigenvalue weighted by atomic mass is 16.7. The molecule has 0 radical (unpaired) electrons. The third-order valence-electron chi connectivity index (χ3n) is 4.83. The van der Waals surface area contributed by atoms with E-state index in [-0.39, 0.29) is 12.7 Å². The summed E-state index contributed by atoms with van der Waals surface area (Å²) in [5, 5.41) is 9.16. The van der Waals surface area contributed by atoms with Crippen molar-refractivity contribution in [2.75, 3.05) is 32.8 Å². The molecule has 0 spiro atoms. The standard InChI is InChI=1S/C21H43NO4/c1-4-7-8-9-10-11-12-13-15-20(16-18-23)26-21(24)25-19-14-17-22(5-2)6-3/h20,23H,4-19H2,1-3H3. The van der Waals surface area contributed by atoms with Gasteiger partial charge in [0.25, 0.3) is 0 Å². The van der Waals surface area contributed by atoms with Crippen LogP contribution in [0.15, 0.2) is 0 Å². The van der Waals surface area contributed by atoms with Crippen LogP contribution < -0.4 is 0 Å². The van der Waals surface area contributed by atoms with Gasteiger partial charge in [0.05, 0.1) is 6.61 Å². The minimum absolute atomic E-state index is 0.0386. The highest BCUT2D eigenvalue weighted by Crippen LogP contribution is 2.14. The molecular formula is C21H43NO4. The zero-order chi connectivity index (χ0) is 19.5. The lowest BCUT2D eigenvalue weighted by atomic mass is 10.0. The monoisotopic (exact) mass is 373 g/mol. The van der Waals surface area contributed by atoms with Crippen molar-refractivity contribution in [2.45, 2.75) is 97.5 Å². The van der Waals surface area contributed by atoms with Gasteiger partial charge in [-0.1, -0.05) is 65.7 Å². The van der Waals surface area contributed by atoms with Gasteiger partial charge in [-0.2, -0.15) is 0 Å². The van der Waals surface area contributed by atoms with Gasteiger partial charge in [-0.15, -0.1) is 0 Å². The second-order valence-electron chi connectivity index (χ2n) is 6.99. The fraction of sp³-hybridized carbons (Fsp3) is 0.952. The van der Waals surface area contributed by atoms with Crippen molar-refractivity contribution >= 4 is 6.16 Å². The molecule has 0 aromatic carbocycles. The van der Waals surface area contributed by atoms with Gasteiger partial charge >= 0.3 is 6.16 Å². The number of aliphatic hydroxyl groups is 1. The fourth-order valence-corrected chi connectivity index (χ4v) is 3.07. The summed E-state index contributed by atoms with van der Waals surface area (Å²) >= 11 is 0. The van der Waals surface area contributed by atoms with Crippen LogP contribution in [0.1, 0.15) is 91.4 Å². The largest absolute Gasteiger partial charge is 0.508 e. The molecule has 0 aromatic heterocycles. The first-order chi connectivity index (χ1) is 12.7. The quantitative estimate of drug-likeness (QED) is 0.266. The SMILES string of the molecule is CCCCCCCCCCC(CCO)OC(=O)OCCCN(CC)CC. The first kappa shape index (κ1) is 25.2. The Bertz CT molecular complexity index is 308. The van der Waals surface area contributed by atoms with E-state index in [0.29, 0.717) is 13.0 Å². The van der Waals surface area contributed by atoms with E-state index in [0.717, 1.165) is 45.3 Å². The summed E-state index contributed by atoms with van der Waals surface area (Å²) in [6.45, 7) is 9.87. The lowest BCUT2D eigenvalue weighted by molar-refractivity contribution is 0.0104. The average Bonchev–Trinajstić information content (AvgIpc) is 2.64. The molecule has 0 heterocycles. The number of hydrogen-bond acceptors (Lipinski definition) is 5. The molecule has 0 saturated carbocycles. The Morgan fingerprint density at radius 3 is 2.08 bits per heavy atom. The van der Waals surface area contributed by atoms with Gasteiger partial charge in [0.2, 0.25) is 0 Å².